The molecule has 13 heteroatoms. The van der Waals surface area contributed by atoms with Crippen molar-refractivity contribution in [2.45, 2.75) is 117 Å². The van der Waals surface area contributed by atoms with Gasteiger partial charge >= 0.3 is 5.97 Å². The Bertz CT molecular complexity index is 1060. The van der Waals surface area contributed by atoms with E-state index >= 15 is 0 Å². The lowest BCUT2D eigenvalue weighted by Crippen LogP contribution is -2.48. The second-order valence-corrected chi connectivity index (χ2v) is 13.0. The first kappa shape index (κ1) is 40.3. The Balaban J connectivity index is 0.00000324. The van der Waals surface area contributed by atoms with Crippen molar-refractivity contribution in [3.63, 3.8) is 0 Å². The van der Waals surface area contributed by atoms with Crippen LogP contribution in [0.25, 0.3) is 0 Å². The largest absolute Gasteiger partial charge is 0.420 e. The quantitative estimate of drug-likeness (QED) is 0.0756. The molecule has 1 atom stereocenters. The third-order valence-electron chi connectivity index (χ3n) is 6.54. The third kappa shape index (κ3) is 16.9. The standard InChI is InChI=1S/C29H43F4N3O6.C3H8/c1-28(2,3)17-29(4,34)16-23(38)36-19-7-5-18(6-8-19)35-22(37)9-11-40-13-14-41-12-10-24(39)42-27-25(32)20(30)15-21(31)26(27)33;1-3-2/h15,18-19H,5-14,16-17,34H2,1-4H3,(H,35,37)(H,36,38);3H2,1-2H3. The maximum absolute atomic E-state index is 13.5. The van der Waals surface area contributed by atoms with E-state index in [1.165, 1.54) is 6.42 Å². The van der Waals surface area contributed by atoms with Gasteiger partial charge in [0.15, 0.2) is 11.6 Å². The lowest BCUT2D eigenvalue weighted by molar-refractivity contribution is -0.136. The number of carbonyl (C=O) groups excluding carboxylic acids is 3. The zero-order valence-electron chi connectivity index (χ0n) is 27.5. The fourth-order valence-corrected chi connectivity index (χ4v) is 5.05. The van der Waals surface area contributed by atoms with E-state index in [9.17, 15) is 31.9 Å². The van der Waals surface area contributed by atoms with Crippen molar-refractivity contribution in [1.82, 2.24) is 10.6 Å². The number of hydrogen-bond donors (Lipinski definition) is 3. The highest BCUT2D eigenvalue weighted by atomic mass is 19.2. The highest BCUT2D eigenvalue weighted by molar-refractivity contribution is 5.77. The van der Waals surface area contributed by atoms with Crippen molar-refractivity contribution in [2.24, 2.45) is 11.1 Å². The normalized spacial score (nSPS) is 17.8. The predicted octanol–water partition coefficient (Wildman–Crippen LogP) is 5.47. The summed E-state index contributed by atoms with van der Waals surface area (Å²) in [5.74, 6) is -9.77. The minimum atomic E-state index is -1.81. The number of nitrogens with one attached hydrogen (secondary N) is 2. The molecule has 9 nitrogen and oxygen atoms in total. The molecule has 0 bridgehead atoms. The zero-order chi connectivity index (χ0) is 34.2. The van der Waals surface area contributed by atoms with Gasteiger partial charge in [-0.1, -0.05) is 41.0 Å². The van der Waals surface area contributed by atoms with Crippen LogP contribution in [0.3, 0.4) is 0 Å². The van der Waals surface area contributed by atoms with Gasteiger partial charge in [0.25, 0.3) is 0 Å². The molecule has 0 radical (unpaired) electrons. The molecule has 0 aromatic heterocycles. The fourth-order valence-electron chi connectivity index (χ4n) is 5.05. The van der Waals surface area contributed by atoms with Gasteiger partial charge in [-0.25, -0.2) is 8.78 Å². The first-order valence-electron chi connectivity index (χ1n) is 15.5. The Morgan fingerprint density at radius 1 is 0.800 bits per heavy atom. The van der Waals surface area contributed by atoms with Crippen molar-refractivity contribution in [3.05, 3.63) is 29.3 Å². The van der Waals surface area contributed by atoms with E-state index < -0.39 is 46.9 Å². The number of nitrogens with two attached hydrogens (primary N) is 1. The van der Waals surface area contributed by atoms with Crippen LogP contribution in [0.4, 0.5) is 17.6 Å². The van der Waals surface area contributed by atoms with Gasteiger partial charge in [-0.3, -0.25) is 14.4 Å². The van der Waals surface area contributed by atoms with E-state index in [-0.39, 0.29) is 74.6 Å². The highest BCUT2D eigenvalue weighted by Crippen LogP contribution is 2.28. The van der Waals surface area contributed by atoms with Crippen molar-refractivity contribution in [2.75, 3.05) is 26.4 Å². The van der Waals surface area contributed by atoms with Crippen LogP contribution in [0.15, 0.2) is 6.07 Å². The summed E-state index contributed by atoms with van der Waals surface area (Å²) in [7, 11) is 0. The molecule has 1 aliphatic rings. The maximum Gasteiger partial charge on any atom is 0.313 e. The van der Waals surface area contributed by atoms with Gasteiger partial charge in [-0.05, 0) is 44.4 Å². The lowest BCUT2D eigenvalue weighted by Gasteiger charge is -2.33. The van der Waals surface area contributed by atoms with Crippen LogP contribution < -0.4 is 21.1 Å². The number of ether oxygens (including phenoxy) is 3. The Kier molecular flexibility index (Phi) is 17.6. The van der Waals surface area contributed by atoms with E-state index in [0.29, 0.717) is 0 Å². The first-order valence-corrected chi connectivity index (χ1v) is 15.5. The Hall–Kier alpha value is -2.77. The van der Waals surface area contributed by atoms with Crippen LogP contribution >= 0.6 is 0 Å². The molecule has 2 amide bonds. The number of carbonyl (C=O) groups is 3. The molecule has 258 valence electrons. The Morgan fingerprint density at radius 3 is 1.71 bits per heavy atom. The van der Waals surface area contributed by atoms with E-state index in [1.807, 2.05) is 6.92 Å². The maximum atomic E-state index is 13.5. The third-order valence-corrected chi connectivity index (χ3v) is 6.54. The summed E-state index contributed by atoms with van der Waals surface area (Å²) < 4.78 is 68.3. The van der Waals surface area contributed by atoms with E-state index in [0.717, 1.165) is 32.1 Å². The number of amides is 2. The zero-order valence-corrected chi connectivity index (χ0v) is 27.5. The van der Waals surface area contributed by atoms with Crippen LogP contribution in [-0.2, 0) is 23.9 Å². The summed E-state index contributed by atoms with van der Waals surface area (Å²) in [6, 6.07) is 0.101. The van der Waals surface area contributed by atoms with Crippen LogP contribution in [0, 0.1) is 28.7 Å². The Labute approximate surface area is 264 Å². The summed E-state index contributed by atoms with van der Waals surface area (Å²) in [5, 5.41) is 6.06. The molecule has 2 rings (SSSR count). The summed E-state index contributed by atoms with van der Waals surface area (Å²) >= 11 is 0. The van der Waals surface area contributed by atoms with Gasteiger partial charge in [-0.15, -0.1) is 0 Å². The molecule has 1 aliphatic carbocycles. The van der Waals surface area contributed by atoms with Gasteiger partial charge in [-0.2, -0.15) is 8.78 Å². The summed E-state index contributed by atoms with van der Waals surface area (Å²) in [4.78, 5) is 36.4. The molecular weight excluding hydrogens is 598 g/mol. The lowest BCUT2D eigenvalue weighted by atomic mass is 9.79. The minimum absolute atomic E-state index is 0.0101. The first-order chi connectivity index (χ1) is 21.0. The fraction of sp³-hybridized carbons (Fsp3) is 0.719. The smallest absolute Gasteiger partial charge is 0.313 e. The van der Waals surface area contributed by atoms with Crippen LogP contribution in [-0.4, -0.2) is 61.8 Å². The van der Waals surface area contributed by atoms with Crippen molar-refractivity contribution in [3.8, 4) is 5.75 Å². The molecule has 1 aromatic carbocycles. The van der Waals surface area contributed by atoms with Gasteiger partial charge in [0.1, 0.15) is 0 Å². The molecule has 1 aromatic rings. The number of benzene rings is 1. The molecule has 45 heavy (non-hydrogen) atoms. The topological polar surface area (TPSA) is 129 Å². The molecule has 0 heterocycles. The van der Waals surface area contributed by atoms with Crippen LogP contribution in [0.1, 0.15) is 99.3 Å². The van der Waals surface area contributed by atoms with Crippen molar-refractivity contribution in [1.29, 1.82) is 0 Å². The van der Waals surface area contributed by atoms with Gasteiger partial charge in [0.05, 0.1) is 32.8 Å². The monoisotopic (exact) mass is 649 g/mol. The van der Waals surface area contributed by atoms with Crippen molar-refractivity contribution < 1.29 is 46.2 Å². The molecule has 0 spiro atoms. The average molecular weight is 650 g/mol. The summed E-state index contributed by atoms with van der Waals surface area (Å²) in [6.07, 6.45) is 5.01. The van der Waals surface area contributed by atoms with E-state index in [1.54, 1.807) is 0 Å². The molecule has 1 saturated carbocycles. The van der Waals surface area contributed by atoms with E-state index in [2.05, 4.69) is 50.0 Å². The number of esters is 1. The van der Waals surface area contributed by atoms with Gasteiger partial charge in [0.2, 0.25) is 29.2 Å². The SMILES string of the molecule is CC(C)(C)CC(C)(N)CC(=O)NC1CCC(NC(=O)CCOCCOCCC(=O)Oc2c(F)c(F)cc(F)c2F)CC1.CCC. The number of hydrogen-bond acceptors (Lipinski definition) is 7. The summed E-state index contributed by atoms with van der Waals surface area (Å²) in [5.41, 5.74) is 5.79. The van der Waals surface area contributed by atoms with Crippen LogP contribution in [0.5, 0.6) is 5.75 Å². The predicted molar refractivity (Wildman–Crippen MR) is 162 cm³/mol. The number of rotatable bonds is 15. The molecule has 0 saturated heterocycles. The van der Waals surface area contributed by atoms with Gasteiger partial charge in [0, 0.05) is 36.5 Å². The second kappa shape index (κ2) is 19.7. The van der Waals surface area contributed by atoms with Crippen LogP contribution in [0.2, 0.25) is 0 Å². The molecule has 1 unspecified atom stereocenters. The molecule has 0 aliphatic heterocycles. The molecule has 4 N–H and O–H groups in total. The highest BCUT2D eigenvalue weighted by Gasteiger charge is 2.30. The van der Waals surface area contributed by atoms with E-state index in [4.69, 9.17) is 15.2 Å². The average Bonchev–Trinajstić information content (AvgIpc) is 2.91. The molecule has 1 fully saturated rings. The Morgan fingerprint density at radius 2 is 1.24 bits per heavy atom. The number of halogens is 4. The molecular formula is C32H51F4N3O6. The second-order valence-electron chi connectivity index (χ2n) is 13.0. The summed E-state index contributed by atoms with van der Waals surface area (Å²) in [6.45, 7) is 12.6. The van der Waals surface area contributed by atoms with Crippen molar-refractivity contribution >= 4 is 17.8 Å². The van der Waals surface area contributed by atoms with Gasteiger partial charge < -0.3 is 30.6 Å². The minimum Gasteiger partial charge on any atom is -0.420 e.